The van der Waals surface area contributed by atoms with Crippen molar-refractivity contribution in [2.45, 2.75) is 6.42 Å². The molecule has 1 aromatic carbocycles. The summed E-state index contributed by atoms with van der Waals surface area (Å²) < 4.78 is 0. The fourth-order valence-electron chi connectivity index (χ4n) is 1.25. The van der Waals surface area contributed by atoms with E-state index in [2.05, 4.69) is 15.5 Å². The van der Waals surface area contributed by atoms with E-state index in [1.165, 1.54) is 11.3 Å². The van der Waals surface area contributed by atoms with Crippen LogP contribution in [0.25, 0.3) is 0 Å². The number of nitrogens with zero attached hydrogens (tertiary/aromatic N) is 2. The Morgan fingerprint density at radius 2 is 2.12 bits per heavy atom. The maximum atomic E-state index is 6.08. The Hall–Kier alpha value is -0.840. The predicted molar refractivity (Wildman–Crippen MR) is 68.7 cm³/mol. The SMILES string of the molecule is CNc1nnc(Cc2ccc(Cl)cc2Cl)s1. The monoisotopic (exact) mass is 273 g/mol. The quantitative estimate of drug-likeness (QED) is 0.931. The molecule has 0 saturated carbocycles. The molecule has 1 heterocycles. The van der Waals surface area contributed by atoms with E-state index in [-0.39, 0.29) is 0 Å². The van der Waals surface area contributed by atoms with Crippen molar-refractivity contribution in [1.82, 2.24) is 10.2 Å². The summed E-state index contributed by atoms with van der Waals surface area (Å²) in [4.78, 5) is 0. The average Bonchev–Trinajstić information content (AvgIpc) is 2.70. The van der Waals surface area contributed by atoms with Crippen molar-refractivity contribution in [2.75, 3.05) is 12.4 Å². The largest absolute Gasteiger partial charge is 0.363 e. The Morgan fingerprint density at radius 3 is 2.75 bits per heavy atom. The number of anilines is 1. The molecule has 84 valence electrons. The van der Waals surface area contributed by atoms with Gasteiger partial charge in [-0.3, -0.25) is 0 Å². The molecule has 3 nitrogen and oxygen atoms in total. The first-order valence-corrected chi connectivity index (χ1v) is 6.20. The molecule has 0 spiro atoms. The minimum absolute atomic E-state index is 0.641. The van der Waals surface area contributed by atoms with Crippen LogP contribution < -0.4 is 5.32 Å². The Labute approximate surface area is 107 Å². The zero-order valence-corrected chi connectivity index (χ0v) is 10.8. The fourth-order valence-corrected chi connectivity index (χ4v) is 2.45. The van der Waals surface area contributed by atoms with E-state index in [4.69, 9.17) is 23.2 Å². The molecule has 0 fully saturated rings. The van der Waals surface area contributed by atoms with Crippen LogP contribution in [0.2, 0.25) is 10.0 Å². The van der Waals surface area contributed by atoms with E-state index in [1.807, 2.05) is 19.2 Å². The summed E-state index contributed by atoms with van der Waals surface area (Å²) >= 11 is 13.4. The van der Waals surface area contributed by atoms with Gasteiger partial charge in [0, 0.05) is 23.5 Å². The highest BCUT2D eigenvalue weighted by Gasteiger charge is 2.07. The number of aromatic nitrogens is 2. The molecule has 0 bridgehead atoms. The summed E-state index contributed by atoms with van der Waals surface area (Å²) in [6.45, 7) is 0. The zero-order chi connectivity index (χ0) is 11.5. The van der Waals surface area contributed by atoms with Crippen molar-refractivity contribution in [3.05, 3.63) is 38.8 Å². The third-order valence-electron chi connectivity index (χ3n) is 2.04. The molecular weight excluding hydrogens is 265 g/mol. The number of benzene rings is 1. The van der Waals surface area contributed by atoms with E-state index in [0.29, 0.717) is 16.5 Å². The van der Waals surface area contributed by atoms with Crippen molar-refractivity contribution >= 4 is 39.7 Å². The molecule has 16 heavy (non-hydrogen) atoms. The highest BCUT2D eigenvalue weighted by Crippen LogP contribution is 2.25. The van der Waals surface area contributed by atoms with Gasteiger partial charge in [0.05, 0.1) is 0 Å². The number of nitrogens with one attached hydrogen (secondary N) is 1. The molecule has 0 unspecified atom stereocenters. The molecule has 0 aliphatic rings. The summed E-state index contributed by atoms with van der Waals surface area (Å²) in [7, 11) is 1.82. The second-order valence-corrected chi connectivity index (χ2v) is 5.07. The molecule has 6 heteroatoms. The van der Waals surface area contributed by atoms with Gasteiger partial charge in [-0.05, 0) is 17.7 Å². The topological polar surface area (TPSA) is 37.8 Å². The van der Waals surface area contributed by atoms with Crippen LogP contribution >= 0.6 is 34.5 Å². The summed E-state index contributed by atoms with van der Waals surface area (Å²) in [6.07, 6.45) is 0.676. The highest BCUT2D eigenvalue weighted by atomic mass is 35.5. The van der Waals surface area contributed by atoms with Crippen LogP contribution in [0, 0.1) is 0 Å². The fraction of sp³-hybridized carbons (Fsp3) is 0.200. The zero-order valence-electron chi connectivity index (χ0n) is 8.50. The molecular formula is C10H9Cl2N3S. The molecule has 2 rings (SSSR count). The lowest BCUT2D eigenvalue weighted by atomic mass is 10.2. The lowest BCUT2D eigenvalue weighted by Gasteiger charge is -2.01. The molecule has 0 aliphatic heterocycles. The van der Waals surface area contributed by atoms with Gasteiger partial charge in [0.2, 0.25) is 5.13 Å². The maximum Gasteiger partial charge on any atom is 0.205 e. The maximum absolute atomic E-state index is 6.08. The molecule has 2 aromatic rings. The van der Waals surface area contributed by atoms with E-state index in [1.54, 1.807) is 6.07 Å². The van der Waals surface area contributed by atoms with Gasteiger partial charge >= 0.3 is 0 Å². The second-order valence-electron chi connectivity index (χ2n) is 3.16. The van der Waals surface area contributed by atoms with Crippen LogP contribution in [0.1, 0.15) is 10.6 Å². The normalized spacial score (nSPS) is 10.4. The molecule has 0 atom stereocenters. The van der Waals surface area contributed by atoms with Crippen LogP contribution in [-0.4, -0.2) is 17.2 Å². The van der Waals surface area contributed by atoms with Gasteiger partial charge in [-0.1, -0.05) is 40.6 Å². The highest BCUT2D eigenvalue weighted by molar-refractivity contribution is 7.15. The number of rotatable bonds is 3. The Bertz CT molecular complexity index is 499. The lowest BCUT2D eigenvalue weighted by molar-refractivity contribution is 1.00. The van der Waals surface area contributed by atoms with Crippen LogP contribution in [-0.2, 0) is 6.42 Å². The lowest BCUT2D eigenvalue weighted by Crippen LogP contribution is -1.88. The van der Waals surface area contributed by atoms with Crippen molar-refractivity contribution in [3.63, 3.8) is 0 Å². The molecule has 0 saturated heterocycles. The van der Waals surface area contributed by atoms with Crippen LogP contribution in [0.5, 0.6) is 0 Å². The molecule has 0 amide bonds. The van der Waals surface area contributed by atoms with Gasteiger partial charge in [0.25, 0.3) is 0 Å². The summed E-state index contributed by atoms with van der Waals surface area (Å²) in [6, 6.07) is 5.46. The molecule has 1 N–H and O–H groups in total. The minimum Gasteiger partial charge on any atom is -0.363 e. The Balaban J connectivity index is 2.20. The second kappa shape index (κ2) is 4.99. The molecule has 0 radical (unpaired) electrons. The van der Waals surface area contributed by atoms with E-state index >= 15 is 0 Å². The summed E-state index contributed by atoms with van der Waals surface area (Å²) in [5.74, 6) is 0. The number of hydrogen-bond acceptors (Lipinski definition) is 4. The molecule has 0 aliphatic carbocycles. The van der Waals surface area contributed by atoms with Crippen molar-refractivity contribution in [1.29, 1.82) is 0 Å². The minimum atomic E-state index is 0.641. The van der Waals surface area contributed by atoms with E-state index in [0.717, 1.165) is 15.7 Å². The van der Waals surface area contributed by atoms with Crippen molar-refractivity contribution in [3.8, 4) is 0 Å². The first-order valence-electron chi connectivity index (χ1n) is 4.63. The summed E-state index contributed by atoms with van der Waals surface area (Å²) in [5.41, 5.74) is 1.00. The van der Waals surface area contributed by atoms with Crippen LogP contribution in [0.15, 0.2) is 18.2 Å². The Morgan fingerprint density at radius 1 is 1.31 bits per heavy atom. The van der Waals surface area contributed by atoms with Crippen molar-refractivity contribution < 1.29 is 0 Å². The van der Waals surface area contributed by atoms with Gasteiger partial charge in [0.1, 0.15) is 5.01 Å². The first-order chi connectivity index (χ1) is 7.69. The van der Waals surface area contributed by atoms with Gasteiger partial charge < -0.3 is 5.32 Å². The third-order valence-corrected chi connectivity index (χ3v) is 3.57. The predicted octanol–water partition coefficient (Wildman–Crippen LogP) is 3.48. The standard InChI is InChI=1S/C10H9Cl2N3S/c1-13-10-15-14-9(16-10)4-6-2-3-7(11)5-8(6)12/h2-3,5H,4H2,1H3,(H,13,15). The smallest absolute Gasteiger partial charge is 0.205 e. The van der Waals surface area contributed by atoms with Gasteiger partial charge in [-0.15, -0.1) is 10.2 Å². The van der Waals surface area contributed by atoms with Gasteiger partial charge in [0.15, 0.2) is 0 Å². The van der Waals surface area contributed by atoms with Crippen LogP contribution in [0.3, 0.4) is 0 Å². The van der Waals surface area contributed by atoms with E-state index in [9.17, 15) is 0 Å². The van der Waals surface area contributed by atoms with Gasteiger partial charge in [-0.2, -0.15) is 0 Å². The van der Waals surface area contributed by atoms with Gasteiger partial charge in [-0.25, -0.2) is 0 Å². The number of halogens is 2. The van der Waals surface area contributed by atoms with Crippen molar-refractivity contribution in [2.24, 2.45) is 0 Å². The van der Waals surface area contributed by atoms with E-state index < -0.39 is 0 Å². The summed E-state index contributed by atoms with van der Waals surface area (Å²) in [5, 5.41) is 14.0. The third kappa shape index (κ3) is 2.64. The molecule has 1 aromatic heterocycles. The van der Waals surface area contributed by atoms with Crippen LogP contribution in [0.4, 0.5) is 5.13 Å². The Kier molecular flexibility index (Phi) is 3.63. The first kappa shape index (κ1) is 11.6. The average molecular weight is 274 g/mol. The number of hydrogen-bond donors (Lipinski definition) is 1.